The summed E-state index contributed by atoms with van der Waals surface area (Å²) in [6.07, 6.45) is 3.21. The first kappa shape index (κ1) is 15.6. The van der Waals surface area contributed by atoms with Crippen molar-refractivity contribution in [2.24, 2.45) is 0 Å². The van der Waals surface area contributed by atoms with Gasteiger partial charge in [-0.15, -0.1) is 6.58 Å². The number of hydrogen-bond acceptors (Lipinski definition) is 4. The molecular weight excluding hydrogens is 278 g/mol. The van der Waals surface area contributed by atoms with Crippen LogP contribution >= 0.6 is 0 Å². The Morgan fingerprint density at radius 1 is 1.36 bits per heavy atom. The highest BCUT2D eigenvalue weighted by Gasteiger charge is 2.08. The molecule has 0 unspecified atom stereocenters. The summed E-state index contributed by atoms with van der Waals surface area (Å²) in [6, 6.07) is 9.35. The van der Waals surface area contributed by atoms with E-state index in [1.807, 2.05) is 25.1 Å². The maximum absolute atomic E-state index is 11.9. The third-order valence-corrected chi connectivity index (χ3v) is 3.03. The van der Waals surface area contributed by atoms with E-state index in [2.05, 4.69) is 22.2 Å². The Balaban J connectivity index is 2.22. The number of rotatable bonds is 6. The molecule has 0 aliphatic heterocycles. The summed E-state index contributed by atoms with van der Waals surface area (Å²) in [6.45, 7) is 5.98. The fourth-order valence-corrected chi connectivity index (χ4v) is 1.96. The molecule has 2 rings (SSSR count). The summed E-state index contributed by atoms with van der Waals surface area (Å²) in [5.74, 6) is 0.500. The van der Waals surface area contributed by atoms with Gasteiger partial charge in [0.2, 0.25) is 0 Å². The number of pyridine rings is 1. The molecule has 1 amide bonds. The van der Waals surface area contributed by atoms with E-state index in [0.717, 1.165) is 22.7 Å². The monoisotopic (exact) mass is 297 g/mol. The van der Waals surface area contributed by atoms with Crippen molar-refractivity contribution in [2.75, 3.05) is 19.0 Å². The van der Waals surface area contributed by atoms with Crippen LogP contribution in [0.2, 0.25) is 0 Å². The van der Waals surface area contributed by atoms with Crippen molar-refractivity contribution in [1.82, 2.24) is 10.3 Å². The second-order valence-corrected chi connectivity index (χ2v) is 4.76. The van der Waals surface area contributed by atoms with Crippen LogP contribution in [0.1, 0.15) is 16.1 Å². The molecule has 0 radical (unpaired) electrons. The van der Waals surface area contributed by atoms with E-state index < -0.39 is 0 Å². The van der Waals surface area contributed by atoms with Crippen molar-refractivity contribution in [1.29, 1.82) is 0 Å². The van der Waals surface area contributed by atoms with E-state index in [0.29, 0.717) is 12.2 Å². The molecule has 0 aliphatic carbocycles. The highest BCUT2D eigenvalue weighted by molar-refractivity contribution is 5.93. The van der Waals surface area contributed by atoms with E-state index in [9.17, 15) is 4.79 Å². The molecular formula is C17H19N3O2. The van der Waals surface area contributed by atoms with Gasteiger partial charge in [-0.05, 0) is 36.8 Å². The van der Waals surface area contributed by atoms with Gasteiger partial charge < -0.3 is 15.4 Å². The Kier molecular flexibility index (Phi) is 5.14. The van der Waals surface area contributed by atoms with Gasteiger partial charge in [0, 0.05) is 18.4 Å². The van der Waals surface area contributed by atoms with Crippen LogP contribution in [0.3, 0.4) is 0 Å². The smallest absolute Gasteiger partial charge is 0.270 e. The summed E-state index contributed by atoms with van der Waals surface area (Å²) < 4.78 is 5.33. The van der Waals surface area contributed by atoms with Crippen LogP contribution in [-0.2, 0) is 0 Å². The number of nitrogens with zero attached hydrogens (tertiary/aromatic N) is 1. The van der Waals surface area contributed by atoms with Crippen molar-refractivity contribution >= 4 is 17.3 Å². The highest BCUT2D eigenvalue weighted by Crippen LogP contribution is 2.28. The zero-order chi connectivity index (χ0) is 15.9. The highest BCUT2D eigenvalue weighted by atomic mass is 16.5. The number of hydrogen-bond donors (Lipinski definition) is 2. The summed E-state index contributed by atoms with van der Waals surface area (Å²) >= 11 is 0. The number of methoxy groups -OCH3 is 1. The SMILES string of the molecule is C=CCNC(=O)c1cc(Nc2cc(C)ccc2OC)ccn1. The normalized spacial score (nSPS) is 9.91. The lowest BCUT2D eigenvalue weighted by molar-refractivity contribution is 0.0953. The van der Waals surface area contributed by atoms with E-state index in [-0.39, 0.29) is 5.91 Å². The molecule has 0 aliphatic rings. The van der Waals surface area contributed by atoms with Gasteiger partial charge in [0.1, 0.15) is 11.4 Å². The van der Waals surface area contributed by atoms with Gasteiger partial charge in [-0.1, -0.05) is 12.1 Å². The minimum atomic E-state index is -0.236. The average Bonchev–Trinajstić information content (AvgIpc) is 2.53. The molecule has 2 aromatic rings. The fourth-order valence-electron chi connectivity index (χ4n) is 1.96. The van der Waals surface area contributed by atoms with E-state index in [1.165, 1.54) is 0 Å². The van der Waals surface area contributed by atoms with Crippen LogP contribution < -0.4 is 15.4 Å². The quantitative estimate of drug-likeness (QED) is 0.804. The average molecular weight is 297 g/mol. The first-order valence-corrected chi connectivity index (χ1v) is 6.91. The molecule has 0 atom stereocenters. The van der Waals surface area contributed by atoms with E-state index >= 15 is 0 Å². The number of carbonyl (C=O) groups is 1. The summed E-state index contributed by atoms with van der Waals surface area (Å²) in [7, 11) is 1.62. The molecule has 0 saturated carbocycles. The van der Waals surface area contributed by atoms with Crippen molar-refractivity contribution in [3.63, 3.8) is 0 Å². The third kappa shape index (κ3) is 3.85. The Labute approximate surface area is 130 Å². The van der Waals surface area contributed by atoms with Crippen LogP contribution in [0.15, 0.2) is 49.2 Å². The largest absolute Gasteiger partial charge is 0.495 e. The Morgan fingerprint density at radius 2 is 2.18 bits per heavy atom. The standard InChI is InChI=1S/C17H19N3O2/c1-4-8-19-17(21)15-11-13(7-9-18-15)20-14-10-12(2)5-6-16(14)22-3/h4-7,9-11H,1,8H2,2-3H3,(H,18,20)(H,19,21). The predicted octanol–water partition coefficient (Wildman–Crippen LogP) is 3.06. The molecule has 22 heavy (non-hydrogen) atoms. The summed E-state index contributed by atoms with van der Waals surface area (Å²) in [4.78, 5) is 16.0. The van der Waals surface area contributed by atoms with Gasteiger partial charge in [0.25, 0.3) is 5.91 Å². The van der Waals surface area contributed by atoms with Crippen LogP contribution in [0.4, 0.5) is 11.4 Å². The van der Waals surface area contributed by atoms with E-state index in [4.69, 9.17) is 4.74 Å². The topological polar surface area (TPSA) is 63.2 Å². The van der Waals surface area contributed by atoms with Gasteiger partial charge >= 0.3 is 0 Å². The zero-order valence-corrected chi connectivity index (χ0v) is 12.7. The van der Waals surface area contributed by atoms with Crippen molar-refractivity contribution in [2.45, 2.75) is 6.92 Å². The van der Waals surface area contributed by atoms with Crippen LogP contribution in [0.25, 0.3) is 0 Å². The lowest BCUT2D eigenvalue weighted by Crippen LogP contribution is -2.24. The minimum Gasteiger partial charge on any atom is -0.495 e. The maximum Gasteiger partial charge on any atom is 0.270 e. The van der Waals surface area contributed by atoms with Crippen molar-refractivity contribution < 1.29 is 9.53 Å². The Morgan fingerprint density at radius 3 is 2.91 bits per heavy atom. The number of ether oxygens (including phenoxy) is 1. The summed E-state index contributed by atoms with van der Waals surface area (Å²) in [5, 5.41) is 5.95. The molecule has 0 saturated heterocycles. The Bertz CT molecular complexity index is 683. The minimum absolute atomic E-state index is 0.236. The van der Waals surface area contributed by atoms with Crippen molar-refractivity contribution in [3.8, 4) is 5.75 Å². The molecule has 1 heterocycles. The third-order valence-electron chi connectivity index (χ3n) is 3.03. The second-order valence-electron chi connectivity index (χ2n) is 4.76. The van der Waals surface area contributed by atoms with Gasteiger partial charge in [-0.2, -0.15) is 0 Å². The van der Waals surface area contributed by atoms with Gasteiger partial charge in [-0.25, -0.2) is 0 Å². The molecule has 5 heteroatoms. The molecule has 0 fully saturated rings. The Hall–Kier alpha value is -2.82. The lowest BCUT2D eigenvalue weighted by Gasteiger charge is -2.12. The lowest BCUT2D eigenvalue weighted by atomic mass is 10.2. The number of anilines is 2. The molecule has 114 valence electrons. The first-order chi connectivity index (χ1) is 10.6. The molecule has 1 aromatic carbocycles. The molecule has 1 aromatic heterocycles. The number of nitrogens with one attached hydrogen (secondary N) is 2. The maximum atomic E-state index is 11.9. The van der Waals surface area contributed by atoms with Gasteiger partial charge in [-0.3, -0.25) is 9.78 Å². The van der Waals surface area contributed by atoms with Crippen LogP contribution in [0.5, 0.6) is 5.75 Å². The van der Waals surface area contributed by atoms with E-state index in [1.54, 1.807) is 31.5 Å². The second kappa shape index (κ2) is 7.26. The molecule has 0 bridgehead atoms. The number of benzene rings is 1. The first-order valence-electron chi connectivity index (χ1n) is 6.91. The predicted molar refractivity (Wildman–Crippen MR) is 87.8 cm³/mol. The molecule has 0 spiro atoms. The molecule has 5 nitrogen and oxygen atoms in total. The van der Waals surface area contributed by atoms with Crippen LogP contribution in [0, 0.1) is 6.92 Å². The van der Waals surface area contributed by atoms with Gasteiger partial charge in [0.05, 0.1) is 12.8 Å². The summed E-state index contributed by atoms with van der Waals surface area (Å²) in [5.41, 5.74) is 3.06. The zero-order valence-electron chi connectivity index (χ0n) is 12.7. The molecule has 2 N–H and O–H groups in total. The number of carbonyl (C=O) groups excluding carboxylic acids is 1. The number of aryl methyl sites for hydroxylation is 1. The number of aromatic nitrogens is 1. The fraction of sp³-hybridized carbons (Fsp3) is 0.176. The van der Waals surface area contributed by atoms with Gasteiger partial charge in [0.15, 0.2) is 0 Å². The van der Waals surface area contributed by atoms with Crippen LogP contribution in [-0.4, -0.2) is 24.5 Å². The number of amides is 1. The van der Waals surface area contributed by atoms with Crippen molar-refractivity contribution in [3.05, 3.63) is 60.4 Å².